The molecular formula is C25H38IN5O2. The highest BCUT2D eigenvalue weighted by Gasteiger charge is 2.23. The van der Waals surface area contributed by atoms with Crippen LogP contribution in [0.25, 0.3) is 0 Å². The number of rotatable bonds is 9. The highest BCUT2D eigenvalue weighted by molar-refractivity contribution is 14.0. The third-order valence-electron chi connectivity index (χ3n) is 5.71. The molecule has 1 heterocycles. The zero-order valence-electron chi connectivity index (χ0n) is 20.4. The van der Waals surface area contributed by atoms with Crippen molar-refractivity contribution in [1.29, 1.82) is 0 Å². The second-order valence-corrected chi connectivity index (χ2v) is 8.52. The molecule has 33 heavy (non-hydrogen) atoms. The van der Waals surface area contributed by atoms with E-state index in [0.717, 1.165) is 56.6 Å². The molecule has 1 unspecified atom stereocenters. The van der Waals surface area contributed by atoms with Gasteiger partial charge in [0.25, 0.3) is 0 Å². The second-order valence-electron chi connectivity index (χ2n) is 8.52. The molecule has 2 aromatic carbocycles. The van der Waals surface area contributed by atoms with Crippen LogP contribution in [0.15, 0.2) is 47.5 Å². The Balaban J connectivity index is 0.00000385. The first-order chi connectivity index (χ1) is 15.5. The largest absolute Gasteiger partial charge is 0.497 e. The van der Waals surface area contributed by atoms with Gasteiger partial charge in [0, 0.05) is 51.9 Å². The minimum Gasteiger partial charge on any atom is -0.497 e. The van der Waals surface area contributed by atoms with Crippen LogP contribution in [0.2, 0.25) is 0 Å². The monoisotopic (exact) mass is 567 g/mol. The Bertz CT molecular complexity index is 884. The van der Waals surface area contributed by atoms with Crippen molar-refractivity contribution >= 4 is 29.9 Å². The molecule has 0 radical (unpaired) electrons. The minimum atomic E-state index is 0. The lowest BCUT2D eigenvalue weighted by molar-refractivity contribution is 0.321. The molecule has 8 heteroatoms. The van der Waals surface area contributed by atoms with E-state index in [0.29, 0.717) is 6.04 Å². The number of hydrogen-bond donors (Lipinski definition) is 2. The average molecular weight is 568 g/mol. The number of hydrogen-bond acceptors (Lipinski definition) is 5. The summed E-state index contributed by atoms with van der Waals surface area (Å²) in [6, 6.07) is 15.0. The van der Waals surface area contributed by atoms with E-state index in [1.165, 1.54) is 16.7 Å². The molecule has 1 aliphatic rings. The third kappa shape index (κ3) is 8.35. The molecule has 1 fully saturated rings. The van der Waals surface area contributed by atoms with Gasteiger partial charge in [-0.05, 0) is 49.3 Å². The molecule has 0 aliphatic carbocycles. The lowest BCUT2D eigenvalue weighted by Crippen LogP contribution is -2.44. The quantitative estimate of drug-likeness (QED) is 0.276. The van der Waals surface area contributed by atoms with Crippen molar-refractivity contribution in [3.05, 3.63) is 59.2 Å². The molecule has 0 saturated carbocycles. The number of guanidine groups is 1. The Hall–Kier alpha value is -2.04. The Morgan fingerprint density at radius 2 is 1.76 bits per heavy atom. The van der Waals surface area contributed by atoms with E-state index in [2.05, 4.69) is 75.9 Å². The van der Waals surface area contributed by atoms with Gasteiger partial charge in [-0.15, -0.1) is 24.0 Å². The lowest BCUT2D eigenvalue weighted by atomic mass is 10.1. The first-order valence-electron chi connectivity index (χ1n) is 11.1. The summed E-state index contributed by atoms with van der Waals surface area (Å²) in [5.41, 5.74) is 3.83. The zero-order chi connectivity index (χ0) is 22.9. The number of nitrogens with one attached hydrogen (secondary N) is 2. The van der Waals surface area contributed by atoms with Crippen molar-refractivity contribution in [2.45, 2.75) is 32.1 Å². The first-order valence-corrected chi connectivity index (χ1v) is 11.1. The number of likely N-dealkylation sites (tertiary alicyclic amines) is 1. The first kappa shape index (κ1) is 27.2. The van der Waals surface area contributed by atoms with Gasteiger partial charge < -0.3 is 25.0 Å². The molecule has 1 saturated heterocycles. The van der Waals surface area contributed by atoms with Crippen LogP contribution in [0.4, 0.5) is 0 Å². The Labute approximate surface area is 215 Å². The van der Waals surface area contributed by atoms with E-state index in [1.807, 2.05) is 13.1 Å². The SMILES string of the molecule is CN=C(NCc1ccccc1CN(C)C)NC1CCN(Cc2cc(OC)cc(OC)c2)C1.I. The number of nitrogens with zero attached hydrogens (tertiary/aromatic N) is 3. The smallest absolute Gasteiger partial charge is 0.191 e. The molecule has 182 valence electrons. The van der Waals surface area contributed by atoms with Gasteiger partial charge in [-0.1, -0.05) is 24.3 Å². The van der Waals surface area contributed by atoms with Gasteiger partial charge in [0.2, 0.25) is 0 Å². The van der Waals surface area contributed by atoms with E-state index in [1.54, 1.807) is 14.2 Å². The number of benzene rings is 2. The van der Waals surface area contributed by atoms with Crippen molar-refractivity contribution in [3.63, 3.8) is 0 Å². The van der Waals surface area contributed by atoms with Gasteiger partial charge >= 0.3 is 0 Å². The number of methoxy groups -OCH3 is 2. The van der Waals surface area contributed by atoms with Gasteiger partial charge in [-0.2, -0.15) is 0 Å². The van der Waals surface area contributed by atoms with Crippen molar-refractivity contribution < 1.29 is 9.47 Å². The van der Waals surface area contributed by atoms with Crippen LogP contribution < -0.4 is 20.1 Å². The van der Waals surface area contributed by atoms with Crippen molar-refractivity contribution in [1.82, 2.24) is 20.4 Å². The predicted octanol–water partition coefficient (Wildman–Crippen LogP) is 3.32. The lowest BCUT2D eigenvalue weighted by Gasteiger charge is -2.20. The van der Waals surface area contributed by atoms with Gasteiger partial charge in [0.15, 0.2) is 5.96 Å². The molecule has 0 amide bonds. The van der Waals surface area contributed by atoms with Crippen molar-refractivity contribution in [2.24, 2.45) is 4.99 Å². The number of halogens is 1. The van der Waals surface area contributed by atoms with Crippen LogP contribution in [0.1, 0.15) is 23.1 Å². The molecule has 2 N–H and O–H groups in total. The molecule has 2 aromatic rings. The van der Waals surface area contributed by atoms with Crippen LogP contribution in [-0.2, 0) is 19.6 Å². The molecule has 0 spiro atoms. The summed E-state index contributed by atoms with van der Waals surface area (Å²) >= 11 is 0. The van der Waals surface area contributed by atoms with E-state index in [4.69, 9.17) is 9.47 Å². The van der Waals surface area contributed by atoms with E-state index >= 15 is 0 Å². The molecular weight excluding hydrogens is 529 g/mol. The summed E-state index contributed by atoms with van der Waals surface area (Å²) in [6.45, 7) is 4.56. The van der Waals surface area contributed by atoms with Crippen LogP contribution in [-0.4, -0.2) is 70.3 Å². The molecule has 0 bridgehead atoms. The molecule has 3 rings (SSSR count). The average Bonchev–Trinajstić information content (AvgIpc) is 3.23. The summed E-state index contributed by atoms with van der Waals surface area (Å²) in [5.74, 6) is 2.50. The molecule has 1 aliphatic heterocycles. The Morgan fingerprint density at radius 3 is 2.36 bits per heavy atom. The number of ether oxygens (including phenoxy) is 2. The van der Waals surface area contributed by atoms with Crippen LogP contribution in [0, 0.1) is 0 Å². The van der Waals surface area contributed by atoms with Gasteiger partial charge in [-0.3, -0.25) is 9.89 Å². The predicted molar refractivity (Wildman–Crippen MR) is 146 cm³/mol. The van der Waals surface area contributed by atoms with Crippen LogP contribution in [0.5, 0.6) is 11.5 Å². The maximum Gasteiger partial charge on any atom is 0.191 e. The number of aliphatic imine (C=N–C) groups is 1. The normalized spacial score (nSPS) is 16.4. The van der Waals surface area contributed by atoms with Crippen molar-refractivity contribution in [3.8, 4) is 11.5 Å². The summed E-state index contributed by atoms with van der Waals surface area (Å²) in [5, 5.41) is 7.08. The summed E-state index contributed by atoms with van der Waals surface area (Å²) in [7, 11) is 9.39. The third-order valence-corrected chi connectivity index (χ3v) is 5.71. The maximum absolute atomic E-state index is 5.41. The van der Waals surface area contributed by atoms with E-state index < -0.39 is 0 Å². The summed E-state index contributed by atoms with van der Waals surface area (Å²) < 4.78 is 10.8. The second kappa shape index (κ2) is 13.6. The summed E-state index contributed by atoms with van der Waals surface area (Å²) in [4.78, 5) is 9.09. The van der Waals surface area contributed by atoms with E-state index in [9.17, 15) is 0 Å². The maximum atomic E-state index is 5.41. The fourth-order valence-corrected chi connectivity index (χ4v) is 4.10. The Morgan fingerprint density at radius 1 is 1.09 bits per heavy atom. The van der Waals surface area contributed by atoms with Gasteiger partial charge in [0.05, 0.1) is 14.2 Å². The molecule has 1 atom stereocenters. The zero-order valence-corrected chi connectivity index (χ0v) is 22.8. The molecule has 0 aromatic heterocycles. The standard InChI is InChI=1S/C25H37N5O2.HI/c1-26-25(27-15-20-8-6-7-9-21(20)17-29(2)3)28-22-10-11-30(18-22)16-19-12-23(31-4)14-24(13-19)32-5;/h6-9,12-14,22H,10-11,15-18H2,1-5H3,(H2,26,27,28);1H. The van der Waals surface area contributed by atoms with Crippen LogP contribution >= 0.6 is 24.0 Å². The highest BCUT2D eigenvalue weighted by atomic mass is 127. The van der Waals surface area contributed by atoms with Gasteiger partial charge in [0.1, 0.15) is 11.5 Å². The Kier molecular flexibility index (Phi) is 11.2. The van der Waals surface area contributed by atoms with E-state index in [-0.39, 0.29) is 24.0 Å². The molecule has 7 nitrogen and oxygen atoms in total. The van der Waals surface area contributed by atoms with Gasteiger partial charge in [-0.25, -0.2) is 0 Å². The fraction of sp³-hybridized carbons (Fsp3) is 0.480. The topological polar surface area (TPSA) is 61.4 Å². The fourth-order valence-electron chi connectivity index (χ4n) is 4.10. The van der Waals surface area contributed by atoms with Crippen LogP contribution in [0.3, 0.4) is 0 Å². The van der Waals surface area contributed by atoms with Crippen molar-refractivity contribution in [2.75, 3.05) is 48.5 Å². The minimum absolute atomic E-state index is 0. The summed E-state index contributed by atoms with van der Waals surface area (Å²) in [6.07, 6.45) is 1.08. The highest BCUT2D eigenvalue weighted by Crippen LogP contribution is 2.24.